The van der Waals surface area contributed by atoms with Crippen LogP contribution in [-0.4, -0.2) is 66.0 Å². The first kappa shape index (κ1) is 24.6. The Balaban J connectivity index is 1.65. The van der Waals surface area contributed by atoms with Gasteiger partial charge in [-0.3, -0.25) is 9.69 Å². The van der Waals surface area contributed by atoms with Crippen LogP contribution >= 0.6 is 0 Å². The number of nitrogens with one attached hydrogen (secondary N) is 1. The molecule has 0 atom stereocenters. The molecule has 33 heavy (non-hydrogen) atoms. The van der Waals surface area contributed by atoms with Crippen LogP contribution in [-0.2, 0) is 29.2 Å². The number of rotatable bonds is 8. The Kier molecular flexibility index (Phi) is 7.97. The summed E-state index contributed by atoms with van der Waals surface area (Å²) >= 11 is 0. The van der Waals surface area contributed by atoms with Gasteiger partial charge in [-0.15, -0.1) is 0 Å². The summed E-state index contributed by atoms with van der Waals surface area (Å²) in [4.78, 5) is 31.3. The van der Waals surface area contributed by atoms with E-state index in [-0.39, 0.29) is 18.5 Å². The number of amides is 2. The maximum absolute atomic E-state index is 13.1. The quantitative estimate of drug-likeness (QED) is 0.657. The van der Waals surface area contributed by atoms with Crippen LogP contribution in [0.1, 0.15) is 37.5 Å². The Morgan fingerprint density at radius 3 is 2.39 bits per heavy atom. The average molecular weight is 453 g/mol. The number of hydrogen-bond donors (Lipinski definition) is 1. The Bertz CT molecular complexity index is 954. The molecule has 2 aromatic carbocycles. The molecule has 178 valence electrons. The molecule has 0 saturated heterocycles. The number of ether oxygens (including phenoxy) is 1. The summed E-state index contributed by atoms with van der Waals surface area (Å²) in [6, 6.07) is 16.0. The zero-order chi connectivity index (χ0) is 24.0. The normalized spacial score (nSPS) is 13.1. The van der Waals surface area contributed by atoms with Crippen molar-refractivity contribution in [1.82, 2.24) is 14.7 Å². The number of carbonyl (C=O) groups is 2. The van der Waals surface area contributed by atoms with Gasteiger partial charge in [-0.2, -0.15) is 0 Å². The van der Waals surface area contributed by atoms with E-state index < -0.39 is 5.60 Å². The molecule has 0 radical (unpaired) electrons. The summed E-state index contributed by atoms with van der Waals surface area (Å²) in [5.74, 6) is 0.0419. The highest BCUT2D eigenvalue weighted by Crippen LogP contribution is 2.30. The minimum atomic E-state index is -0.534. The van der Waals surface area contributed by atoms with Crippen LogP contribution in [0.4, 0.5) is 10.5 Å². The average Bonchev–Trinajstić information content (AvgIpc) is 3.19. The Hall–Kier alpha value is -3.06. The fourth-order valence-electron chi connectivity index (χ4n) is 3.74. The Morgan fingerprint density at radius 2 is 1.73 bits per heavy atom. The number of hydrogen-bond acceptors (Lipinski definition) is 5. The number of benzene rings is 2. The first-order chi connectivity index (χ1) is 15.6. The summed E-state index contributed by atoms with van der Waals surface area (Å²) < 4.78 is 5.53. The van der Waals surface area contributed by atoms with E-state index in [9.17, 15) is 9.59 Å². The smallest absolute Gasteiger partial charge is 0.410 e. The van der Waals surface area contributed by atoms with Crippen molar-refractivity contribution in [3.8, 4) is 0 Å². The number of nitrogens with zero attached hydrogens (tertiary/aromatic N) is 3. The van der Waals surface area contributed by atoms with E-state index in [1.807, 2.05) is 88.3 Å². The third-order valence-electron chi connectivity index (χ3n) is 5.45. The standard InChI is InChI=1S/C26H36N4O3/c1-26(2,3)33-25(32)30-18-21-12-9-13-23(22(21)19-30)27-16-24(31)29(15-14-28(4)5)17-20-10-7-6-8-11-20/h6-13,27H,14-19H2,1-5H3. The molecule has 7 nitrogen and oxygen atoms in total. The van der Waals surface area contributed by atoms with Gasteiger partial charge >= 0.3 is 6.09 Å². The lowest BCUT2D eigenvalue weighted by Gasteiger charge is -2.25. The zero-order valence-corrected chi connectivity index (χ0v) is 20.4. The molecular formula is C26H36N4O3. The third kappa shape index (κ3) is 7.22. The van der Waals surface area contributed by atoms with Crippen LogP contribution < -0.4 is 5.32 Å². The molecule has 0 aromatic heterocycles. The first-order valence-electron chi connectivity index (χ1n) is 11.4. The second-order valence-electron chi connectivity index (χ2n) is 9.74. The van der Waals surface area contributed by atoms with Crippen molar-refractivity contribution >= 4 is 17.7 Å². The predicted octanol–water partition coefficient (Wildman–Crippen LogP) is 3.94. The molecule has 0 aliphatic carbocycles. The van der Waals surface area contributed by atoms with Crippen LogP contribution in [0.5, 0.6) is 0 Å². The van der Waals surface area contributed by atoms with Crippen LogP contribution in [0.25, 0.3) is 0 Å². The van der Waals surface area contributed by atoms with Gasteiger partial charge in [-0.1, -0.05) is 42.5 Å². The summed E-state index contributed by atoms with van der Waals surface area (Å²) in [7, 11) is 4.01. The van der Waals surface area contributed by atoms with E-state index in [1.54, 1.807) is 4.90 Å². The molecule has 1 aliphatic heterocycles. The maximum atomic E-state index is 13.1. The minimum Gasteiger partial charge on any atom is -0.444 e. The van der Waals surface area contributed by atoms with Crippen molar-refractivity contribution in [3.63, 3.8) is 0 Å². The summed E-state index contributed by atoms with van der Waals surface area (Å²) in [5.41, 5.74) is 3.58. The molecule has 2 amide bonds. The van der Waals surface area contributed by atoms with E-state index in [4.69, 9.17) is 4.74 Å². The van der Waals surface area contributed by atoms with Gasteiger partial charge < -0.3 is 19.9 Å². The molecule has 1 heterocycles. The molecule has 1 aliphatic rings. The second kappa shape index (κ2) is 10.7. The highest BCUT2D eigenvalue weighted by molar-refractivity contribution is 5.81. The van der Waals surface area contributed by atoms with Crippen molar-refractivity contribution in [2.24, 2.45) is 0 Å². The fourth-order valence-corrected chi connectivity index (χ4v) is 3.74. The minimum absolute atomic E-state index is 0.0419. The topological polar surface area (TPSA) is 65.1 Å². The lowest BCUT2D eigenvalue weighted by molar-refractivity contribution is -0.130. The number of carbonyl (C=O) groups excluding carboxylic acids is 2. The van der Waals surface area contributed by atoms with Gasteiger partial charge in [0, 0.05) is 31.9 Å². The molecule has 0 fully saturated rings. The lowest BCUT2D eigenvalue weighted by Crippen LogP contribution is -2.39. The van der Waals surface area contributed by atoms with Crippen molar-refractivity contribution in [2.75, 3.05) is 39.0 Å². The van der Waals surface area contributed by atoms with Gasteiger partial charge in [0.25, 0.3) is 0 Å². The molecule has 3 rings (SSSR count). The molecule has 1 N–H and O–H groups in total. The van der Waals surface area contributed by atoms with E-state index in [2.05, 4.69) is 10.2 Å². The molecule has 0 saturated carbocycles. The summed E-state index contributed by atoms with van der Waals surface area (Å²) in [6.07, 6.45) is -0.321. The molecule has 0 unspecified atom stereocenters. The molecule has 7 heteroatoms. The maximum Gasteiger partial charge on any atom is 0.410 e. The van der Waals surface area contributed by atoms with Gasteiger partial charge in [0.2, 0.25) is 5.91 Å². The van der Waals surface area contributed by atoms with Crippen molar-refractivity contribution in [2.45, 2.75) is 46.0 Å². The van der Waals surface area contributed by atoms with Gasteiger partial charge in [0.15, 0.2) is 0 Å². The molecular weight excluding hydrogens is 416 g/mol. The van der Waals surface area contributed by atoms with E-state index in [1.165, 1.54) is 0 Å². The van der Waals surface area contributed by atoms with Gasteiger partial charge in [-0.25, -0.2) is 4.79 Å². The van der Waals surface area contributed by atoms with Crippen molar-refractivity contribution in [3.05, 3.63) is 65.2 Å². The Labute approximate surface area is 197 Å². The lowest BCUT2D eigenvalue weighted by atomic mass is 10.1. The van der Waals surface area contributed by atoms with Crippen molar-refractivity contribution < 1.29 is 14.3 Å². The van der Waals surface area contributed by atoms with Gasteiger partial charge in [0.05, 0.1) is 13.1 Å². The SMILES string of the molecule is CN(C)CCN(Cc1ccccc1)C(=O)CNc1cccc2c1CN(C(=O)OC(C)(C)C)C2. The fraction of sp³-hybridized carbons (Fsp3) is 0.462. The van der Waals surface area contributed by atoms with Gasteiger partial charge in [0.1, 0.15) is 5.60 Å². The zero-order valence-electron chi connectivity index (χ0n) is 20.4. The molecule has 0 spiro atoms. The molecule has 2 aromatic rings. The van der Waals surface area contributed by atoms with Crippen LogP contribution in [0.15, 0.2) is 48.5 Å². The van der Waals surface area contributed by atoms with E-state index in [0.29, 0.717) is 26.2 Å². The first-order valence-corrected chi connectivity index (χ1v) is 11.4. The third-order valence-corrected chi connectivity index (χ3v) is 5.45. The molecule has 0 bridgehead atoms. The number of likely N-dealkylation sites (N-methyl/N-ethyl adjacent to an activating group) is 1. The summed E-state index contributed by atoms with van der Waals surface area (Å²) in [5, 5.41) is 3.32. The van der Waals surface area contributed by atoms with E-state index >= 15 is 0 Å². The second-order valence-corrected chi connectivity index (χ2v) is 9.74. The van der Waals surface area contributed by atoms with Crippen LogP contribution in [0.3, 0.4) is 0 Å². The predicted molar refractivity (Wildman–Crippen MR) is 131 cm³/mol. The van der Waals surface area contributed by atoms with Crippen molar-refractivity contribution in [1.29, 1.82) is 0 Å². The highest BCUT2D eigenvalue weighted by atomic mass is 16.6. The largest absolute Gasteiger partial charge is 0.444 e. The number of fused-ring (bicyclic) bond motifs is 1. The number of anilines is 1. The Morgan fingerprint density at radius 1 is 1.00 bits per heavy atom. The van der Waals surface area contributed by atoms with E-state index in [0.717, 1.165) is 28.9 Å². The van der Waals surface area contributed by atoms with Crippen LogP contribution in [0.2, 0.25) is 0 Å². The van der Waals surface area contributed by atoms with Crippen LogP contribution in [0, 0.1) is 0 Å². The summed E-state index contributed by atoms with van der Waals surface area (Å²) in [6.45, 7) is 8.80. The van der Waals surface area contributed by atoms with Gasteiger partial charge in [-0.05, 0) is 57.6 Å². The monoisotopic (exact) mass is 452 g/mol. The highest BCUT2D eigenvalue weighted by Gasteiger charge is 2.29.